The Morgan fingerprint density at radius 2 is 1.83 bits per heavy atom. The fourth-order valence-corrected chi connectivity index (χ4v) is 3.88. The summed E-state index contributed by atoms with van der Waals surface area (Å²) in [5, 5.41) is 3.43. The number of halogens is 1. The highest BCUT2D eigenvalue weighted by Gasteiger charge is 2.44. The van der Waals surface area contributed by atoms with Crippen LogP contribution in [0.25, 0.3) is 0 Å². The summed E-state index contributed by atoms with van der Waals surface area (Å²) in [4.78, 5) is 15.1. The van der Waals surface area contributed by atoms with Gasteiger partial charge < -0.3 is 19.7 Å². The van der Waals surface area contributed by atoms with Crippen molar-refractivity contribution < 1.29 is 14.3 Å². The van der Waals surface area contributed by atoms with Crippen LogP contribution in [-0.2, 0) is 4.79 Å². The summed E-state index contributed by atoms with van der Waals surface area (Å²) in [6.07, 6.45) is 2.41. The second-order valence-corrected chi connectivity index (χ2v) is 6.43. The minimum absolute atomic E-state index is 0. The maximum Gasteiger partial charge on any atom is 0.268 e. The quantitative estimate of drug-likeness (QED) is 0.851. The Morgan fingerprint density at radius 1 is 1.13 bits per heavy atom. The van der Waals surface area contributed by atoms with Crippen LogP contribution < -0.4 is 14.8 Å². The van der Waals surface area contributed by atoms with E-state index in [1.165, 1.54) is 0 Å². The summed E-state index contributed by atoms with van der Waals surface area (Å²) >= 11 is 0. The molecule has 1 aromatic carbocycles. The summed E-state index contributed by atoms with van der Waals surface area (Å²) in [6.45, 7) is 3.79. The summed E-state index contributed by atoms with van der Waals surface area (Å²) in [5.74, 6) is 1.47. The molecule has 4 atom stereocenters. The van der Waals surface area contributed by atoms with Crippen LogP contribution in [-0.4, -0.2) is 48.2 Å². The summed E-state index contributed by atoms with van der Waals surface area (Å²) in [7, 11) is 0. The number of para-hydroxylation sites is 2. The van der Waals surface area contributed by atoms with Gasteiger partial charge in [0.05, 0.1) is 0 Å². The Morgan fingerprint density at radius 3 is 2.61 bits per heavy atom. The second-order valence-electron chi connectivity index (χ2n) is 6.43. The van der Waals surface area contributed by atoms with Crippen LogP contribution >= 0.6 is 12.4 Å². The third-order valence-electron chi connectivity index (χ3n) is 4.99. The maximum absolute atomic E-state index is 13.1. The third-order valence-corrected chi connectivity index (χ3v) is 4.99. The van der Waals surface area contributed by atoms with E-state index in [1.54, 1.807) is 0 Å². The first-order valence-electron chi connectivity index (χ1n) is 8.19. The Labute approximate surface area is 142 Å². The van der Waals surface area contributed by atoms with E-state index in [-0.39, 0.29) is 24.4 Å². The van der Waals surface area contributed by atoms with E-state index in [0.717, 1.165) is 38.1 Å². The molecule has 0 saturated carbocycles. The van der Waals surface area contributed by atoms with E-state index in [9.17, 15) is 4.79 Å². The lowest BCUT2D eigenvalue weighted by atomic mass is 10.1. The molecule has 1 amide bonds. The first-order valence-corrected chi connectivity index (χ1v) is 8.19. The normalized spacial score (nSPS) is 32.0. The van der Waals surface area contributed by atoms with Crippen molar-refractivity contribution in [2.45, 2.75) is 50.5 Å². The van der Waals surface area contributed by atoms with Crippen LogP contribution in [0, 0.1) is 0 Å². The summed E-state index contributed by atoms with van der Waals surface area (Å²) < 4.78 is 11.9. The third kappa shape index (κ3) is 2.88. The van der Waals surface area contributed by atoms with Gasteiger partial charge in [0.1, 0.15) is 6.10 Å². The van der Waals surface area contributed by atoms with E-state index in [1.807, 2.05) is 31.2 Å². The van der Waals surface area contributed by atoms with Gasteiger partial charge in [0.2, 0.25) is 6.10 Å². The number of amides is 1. The van der Waals surface area contributed by atoms with Gasteiger partial charge >= 0.3 is 0 Å². The van der Waals surface area contributed by atoms with Gasteiger partial charge in [0.25, 0.3) is 5.91 Å². The molecule has 1 N–H and O–H groups in total. The largest absolute Gasteiger partial charge is 0.482 e. The zero-order valence-electron chi connectivity index (χ0n) is 13.2. The molecule has 3 aliphatic heterocycles. The standard InChI is InChI=1S/C17H22N2O3.ClH/c1-11-16(22-15-5-3-2-4-14(15)21-11)17(20)19-12-6-7-13(19)10-18-9-8-12;/h2-5,11-13,16,18H,6-10H2,1H3;1H. The monoisotopic (exact) mass is 338 g/mol. The molecule has 2 fully saturated rings. The minimum Gasteiger partial charge on any atom is -0.482 e. The molecule has 4 rings (SSSR count). The zero-order valence-corrected chi connectivity index (χ0v) is 14.1. The maximum atomic E-state index is 13.1. The lowest BCUT2D eigenvalue weighted by Gasteiger charge is -2.36. The average Bonchev–Trinajstić information content (AvgIpc) is 2.79. The van der Waals surface area contributed by atoms with Crippen molar-refractivity contribution in [1.82, 2.24) is 10.2 Å². The van der Waals surface area contributed by atoms with Crippen molar-refractivity contribution in [2.75, 3.05) is 13.1 Å². The lowest BCUT2D eigenvalue weighted by molar-refractivity contribution is -0.147. The number of benzene rings is 1. The van der Waals surface area contributed by atoms with Gasteiger partial charge in [-0.1, -0.05) is 12.1 Å². The molecule has 2 saturated heterocycles. The van der Waals surface area contributed by atoms with Crippen molar-refractivity contribution in [1.29, 1.82) is 0 Å². The number of hydrogen-bond donors (Lipinski definition) is 1. The van der Waals surface area contributed by atoms with Crippen LogP contribution in [0.5, 0.6) is 11.5 Å². The van der Waals surface area contributed by atoms with E-state index in [0.29, 0.717) is 17.8 Å². The fourth-order valence-electron chi connectivity index (χ4n) is 3.88. The van der Waals surface area contributed by atoms with Gasteiger partial charge in [-0.15, -0.1) is 12.4 Å². The molecular formula is C17H23ClN2O3. The Balaban J connectivity index is 0.00000156. The minimum atomic E-state index is -0.545. The molecule has 126 valence electrons. The van der Waals surface area contributed by atoms with Gasteiger partial charge in [-0.05, 0) is 44.9 Å². The molecule has 0 radical (unpaired) electrons. The van der Waals surface area contributed by atoms with E-state index in [4.69, 9.17) is 9.47 Å². The number of rotatable bonds is 1. The second kappa shape index (κ2) is 6.57. The summed E-state index contributed by atoms with van der Waals surface area (Å²) in [5.41, 5.74) is 0. The number of carbonyl (C=O) groups is 1. The molecule has 3 aliphatic rings. The number of nitrogens with zero attached hydrogens (tertiary/aromatic N) is 1. The summed E-state index contributed by atoms with van der Waals surface area (Å²) in [6, 6.07) is 8.21. The SMILES string of the molecule is CC1Oc2ccccc2OC1C(=O)N1C2CCNCC1CC2.Cl. The fraction of sp³-hybridized carbons (Fsp3) is 0.588. The van der Waals surface area contributed by atoms with Crippen LogP contribution in [0.3, 0.4) is 0 Å². The Bertz CT molecular complexity index is 569. The highest BCUT2D eigenvalue weighted by molar-refractivity contribution is 5.85. The molecule has 0 spiro atoms. The molecule has 0 aliphatic carbocycles. The molecule has 6 heteroatoms. The average molecular weight is 339 g/mol. The first-order chi connectivity index (χ1) is 10.7. The highest BCUT2D eigenvalue weighted by Crippen LogP contribution is 2.36. The van der Waals surface area contributed by atoms with Crippen molar-refractivity contribution in [3.63, 3.8) is 0 Å². The predicted molar refractivity (Wildman–Crippen MR) is 89.3 cm³/mol. The Hall–Kier alpha value is -1.46. The van der Waals surface area contributed by atoms with E-state index in [2.05, 4.69) is 10.2 Å². The molecule has 3 heterocycles. The van der Waals surface area contributed by atoms with Gasteiger partial charge in [0.15, 0.2) is 11.5 Å². The lowest BCUT2D eigenvalue weighted by Crippen LogP contribution is -2.54. The van der Waals surface area contributed by atoms with Crippen molar-refractivity contribution in [3.8, 4) is 11.5 Å². The zero-order chi connectivity index (χ0) is 15.1. The number of ether oxygens (including phenoxy) is 2. The van der Waals surface area contributed by atoms with Gasteiger partial charge in [-0.3, -0.25) is 4.79 Å². The number of nitrogens with one attached hydrogen (secondary N) is 1. The van der Waals surface area contributed by atoms with Gasteiger partial charge in [-0.2, -0.15) is 0 Å². The number of fused-ring (bicyclic) bond motifs is 3. The van der Waals surface area contributed by atoms with Crippen molar-refractivity contribution in [3.05, 3.63) is 24.3 Å². The van der Waals surface area contributed by atoms with Gasteiger partial charge in [-0.25, -0.2) is 0 Å². The van der Waals surface area contributed by atoms with Gasteiger partial charge in [0, 0.05) is 18.6 Å². The molecule has 4 unspecified atom stereocenters. The van der Waals surface area contributed by atoms with Crippen LogP contribution in [0.15, 0.2) is 24.3 Å². The van der Waals surface area contributed by atoms with E-state index < -0.39 is 6.10 Å². The van der Waals surface area contributed by atoms with Crippen molar-refractivity contribution >= 4 is 18.3 Å². The molecule has 5 nitrogen and oxygen atoms in total. The molecule has 1 aromatic rings. The topological polar surface area (TPSA) is 50.8 Å². The highest BCUT2D eigenvalue weighted by atomic mass is 35.5. The predicted octanol–water partition coefficient (Wildman–Crippen LogP) is 1.99. The van der Waals surface area contributed by atoms with E-state index >= 15 is 0 Å². The molecule has 0 aromatic heterocycles. The first kappa shape index (κ1) is 16.4. The molecule has 2 bridgehead atoms. The van der Waals surface area contributed by atoms with Crippen LogP contribution in [0.2, 0.25) is 0 Å². The number of hydrogen-bond acceptors (Lipinski definition) is 4. The Kier molecular flexibility index (Phi) is 4.69. The molecule has 23 heavy (non-hydrogen) atoms. The van der Waals surface area contributed by atoms with Crippen LogP contribution in [0.1, 0.15) is 26.2 Å². The molecular weight excluding hydrogens is 316 g/mol. The van der Waals surface area contributed by atoms with Crippen LogP contribution in [0.4, 0.5) is 0 Å². The van der Waals surface area contributed by atoms with Crippen molar-refractivity contribution in [2.24, 2.45) is 0 Å². The smallest absolute Gasteiger partial charge is 0.268 e. The number of carbonyl (C=O) groups excluding carboxylic acids is 1.